The molecular formula is C17H33NO9. The molecule has 10 nitrogen and oxygen atoms in total. The third-order valence-corrected chi connectivity index (χ3v) is 2.82. The van der Waals surface area contributed by atoms with Gasteiger partial charge in [0.2, 0.25) is 0 Å². The Kier molecular flexibility index (Phi) is 14.7. The van der Waals surface area contributed by atoms with Gasteiger partial charge in [0.15, 0.2) is 0 Å². The van der Waals surface area contributed by atoms with Crippen molar-refractivity contribution in [2.24, 2.45) is 0 Å². The van der Waals surface area contributed by atoms with Crippen LogP contribution in [0.25, 0.3) is 0 Å². The van der Waals surface area contributed by atoms with Crippen molar-refractivity contribution in [2.45, 2.75) is 38.9 Å². The number of rotatable bonds is 16. The van der Waals surface area contributed by atoms with E-state index in [1.807, 2.05) is 0 Å². The van der Waals surface area contributed by atoms with Crippen LogP contribution < -0.4 is 5.32 Å². The van der Waals surface area contributed by atoms with Crippen LogP contribution in [0.4, 0.5) is 4.79 Å². The van der Waals surface area contributed by atoms with Crippen LogP contribution in [0.3, 0.4) is 0 Å². The Balaban J connectivity index is 3.32. The number of aliphatic hydroxyl groups excluding tert-OH is 1. The molecule has 1 atom stereocenters. The number of ether oxygens (including phenoxy) is 5. The lowest BCUT2D eigenvalue weighted by molar-refractivity contribution is -0.142. The van der Waals surface area contributed by atoms with E-state index in [9.17, 15) is 14.7 Å². The topological polar surface area (TPSA) is 133 Å². The van der Waals surface area contributed by atoms with Crippen molar-refractivity contribution in [3.63, 3.8) is 0 Å². The summed E-state index contributed by atoms with van der Waals surface area (Å²) < 4.78 is 25.7. The number of carboxylic acids is 1. The van der Waals surface area contributed by atoms with Gasteiger partial charge in [-0.1, -0.05) is 0 Å². The number of hydrogen-bond acceptors (Lipinski definition) is 8. The molecule has 27 heavy (non-hydrogen) atoms. The minimum absolute atomic E-state index is 0.0995. The van der Waals surface area contributed by atoms with E-state index < -0.39 is 23.8 Å². The van der Waals surface area contributed by atoms with Crippen molar-refractivity contribution in [1.29, 1.82) is 0 Å². The second-order valence-electron chi connectivity index (χ2n) is 6.61. The normalized spacial score (nSPS) is 12.6. The summed E-state index contributed by atoms with van der Waals surface area (Å²) in [5.74, 6) is -1.01. The fourth-order valence-corrected chi connectivity index (χ4v) is 1.66. The molecule has 0 fully saturated rings. The van der Waals surface area contributed by atoms with Gasteiger partial charge < -0.3 is 39.2 Å². The SMILES string of the molecule is CC(C)(C)OC(=O)NCC(O)CCOCCOCCOCCOCC(=O)O. The summed E-state index contributed by atoms with van der Waals surface area (Å²) in [6, 6.07) is 0. The van der Waals surface area contributed by atoms with Crippen LogP contribution >= 0.6 is 0 Å². The van der Waals surface area contributed by atoms with Crippen LogP contribution in [0.2, 0.25) is 0 Å². The van der Waals surface area contributed by atoms with E-state index in [0.717, 1.165) is 0 Å². The zero-order valence-electron chi connectivity index (χ0n) is 16.4. The lowest BCUT2D eigenvalue weighted by Crippen LogP contribution is -2.37. The molecule has 0 aliphatic heterocycles. The Hall–Kier alpha value is -1.46. The van der Waals surface area contributed by atoms with Gasteiger partial charge in [0.25, 0.3) is 0 Å². The number of carbonyl (C=O) groups excluding carboxylic acids is 1. The van der Waals surface area contributed by atoms with E-state index in [1.54, 1.807) is 20.8 Å². The van der Waals surface area contributed by atoms with E-state index in [1.165, 1.54) is 0 Å². The first-order chi connectivity index (χ1) is 12.7. The number of amides is 1. The van der Waals surface area contributed by atoms with Crippen LogP contribution in [-0.2, 0) is 28.5 Å². The average Bonchev–Trinajstić information content (AvgIpc) is 2.55. The molecule has 0 aliphatic carbocycles. The van der Waals surface area contributed by atoms with Gasteiger partial charge in [0.05, 0.1) is 45.7 Å². The van der Waals surface area contributed by atoms with Crippen molar-refractivity contribution in [1.82, 2.24) is 5.32 Å². The molecule has 10 heteroatoms. The highest BCUT2D eigenvalue weighted by molar-refractivity contribution is 5.68. The maximum atomic E-state index is 11.4. The van der Waals surface area contributed by atoms with Gasteiger partial charge in [-0.3, -0.25) is 0 Å². The summed E-state index contributed by atoms with van der Waals surface area (Å²) >= 11 is 0. The molecule has 0 radical (unpaired) electrons. The quantitative estimate of drug-likeness (QED) is 0.318. The Morgan fingerprint density at radius 1 is 0.889 bits per heavy atom. The molecule has 0 aliphatic rings. The number of aliphatic hydroxyl groups is 1. The minimum atomic E-state index is -1.01. The second-order valence-corrected chi connectivity index (χ2v) is 6.61. The standard InChI is InChI=1S/C17H33NO9/c1-17(2,3)27-16(22)18-12-14(19)4-5-23-6-7-24-8-9-25-10-11-26-13-15(20)21/h14,19H,4-13H2,1-3H3,(H,18,22)(H,20,21). The third-order valence-electron chi connectivity index (χ3n) is 2.82. The van der Waals surface area contributed by atoms with Crippen molar-refractivity contribution >= 4 is 12.1 Å². The summed E-state index contributed by atoms with van der Waals surface area (Å²) in [4.78, 5) is 21.6. The summed E-state index contributed by atoms with van der Waals surface area (Å²) in [5.41, 5.74) is -0.572. The molecule has 0 aromatic heterocycles. The van der Waals surface area contributed by atoms with Crippen LogP contribution in [0.5, 0.6) is 0 Å². The van der Waals surface area contributed by atoms with Crippen LogP contribution in [0.1, 0.15) is 27.2 Å². The molecule has 0 aromatic carbocycles. The summed E-state index contributed by atoms with van der Waals surface area (Å²) in [5, 5.41) is 20.6. The fourth-order valence-electron chi connectivity index (χ4n) is 1.66. The molecule has 0 rings (SSSR count). The summed E-state index contributed by atoms with van der Waals surface area (Å²) in [6.45, 7) is 7.49. The molecular weight excluding hydrogens is 362 g/mol. The predicted octanol–water partition coefficient (Wildman–Crippen LogP) is 0.413. The molecule has 0 heterocycles. The summed E-state index contributed by atoms with van der Waals surface area (Å²) in [7, 11) is 0. The Morgan fingerprint density at radius 3 is 1.85 bits per heavy atom. The van der Waals surface area contributed by atoms with Gasteiger partial charge in [0, 0.05) is 13.2 Å². The molecule has 1 amide bonds. The van der Waals surface area contributed by atoms with Crippen molar-refractivity contribution in [3.8, 4) is 0 Å². The second kappa shape index (κ2) is 15.6. The Labute approximate surface area is 160 Å². The highest BCUT2D eigenvalue weighted by atomic mass is 16.6. The van der Waals surface area contributed by atoms with Crippen LogP contribution in [-0.4, -0.2) is 93.4 Å². The molecule has 0 spiro atoms. The van der Waals surface area contributed by atoms with Crippen molar-refractivity contribution < 1.29 is 43.5 Å². The number of alkyl carbamates (subject to hydrolysis) is 1. The predicted molar refractivity (Wildman–Crippen MR) is 95.8 cm³/mol. The van der Waals surface area contributed by atoms with Gasteiger partial charge in [0.1, 0.15) is 12.2 Å². The van der Waals surface area contributed by atoms with E-state index in [-0.39, 0.29) is 19.8 Å². The largest absolute Gasteiger partial charge is 0.480 e. The number of aliphatic carboxylic acids is 1. The molecule has 1 unspecified atom stereocenters. The lowest BCUT2D eigenvalue weighted by atomic mass is 10.2. The molecule has 3 N–H and O–H groups in total. The average molecular weight is 395 g/mol. The molecule has 0 saturated heterocycles. The van der Waals surface area contributed by atoms with Gasteiger partial charge >= 0.3 is 12.1 Å². The Bertz CT molecular complexity index is 398. The Morgan fingerprint density at radius 2 is 1.37 bits per heavy atom. The van der Waals surface area contributed by atoms with Gasteiger partial charge in [-0.25, -0.2) is 9.59 Å². The monoisotopic (exact) mass is 395 g/mol. The number of nitrogens with one attached hydrogen (secondary N) is 1. The number of carbonyl (C=O) groups is 2. The first-order valence-electron chi connectivity index (χ1n) is 8.88. The van der Waals surface area contributed by atoms with Gasteiger partial charge in [-0.05, 0) is 27.2 Å². The highest BCUT2D eigenvalue weighted by Crippen LogP contribution is 2.06. The molecule has 0 bridgehead atoms. The number of carboxylic acid groups (broad SMARTS) is 1. The first kappa shape index (κ1) is 25.5. The summed E-state index contributed by atoms with van der Waals surface area (Å²) in [6.07, 6.45) is -0.892. The van der Waals surface area contributed by atoms with Gasteiger partial charge in [-0.15, -0.1) is 0 Å². The van der Waals surface area contributed by atoms with Crippen LogP contribution in [0.15, 0.2) is 0 Å². The van der Waals surface area contributed by atoms with E-state index in [2.05, 4.69) is 5.32 Å². The highest BCUT2D eigenvalue weighted by Gasteiger charge is 2.16. The van der Waals surface area contributed by atoms with E-state index >= 15 is 0 Å². The van der Waals surface area contributed by atoms with Crippen molar-refractivity contribution in [3.05, 3.63) is 0 Å². The van der Waals surface area contributed by atoms with E-state index in [0.29, 0.717) is 46.1 Å². The van der Waals surface area contributed by atoms with Crippen molar-refractivity contribution in [2.75, 3.05) is 59.4 Å². The van der Waals surface area contributed by atoms with Crippen LogP contribution in [0, 0.1) is 0 Å². The first-order valence-corrected chi connectivity index (χ1v) is 8.88. The maximum absolute atomic E-state index is 11.4. The molecule has 0 aromatic rings. The zero-order chi connectivity index (χ0) is 20.5. The van der Waals surface area contributed by atoms with E-state index in [4.69, 9.17) is 28.8 Å². The van der Waals surface area contributed by atoms with Gasteiger partial charge in [-0.2, -0.15) is 0 Å². The number of hydrogen-bond donors (Lipinski definition) is 3. The smallest absolute Gasteiger partial charge is 0.407 e. The maximum Gasteiger partial charge on any atom is 0.407 e. The molecule has 0 saturated carbocycles. The zero-order valence-corrected chi connectivity index (χ0v) is 16.4. The molecule has 160 valence electrons. The third kappa shape index (κ3) is 20.7. The minimum Gasteiger partial charge on any atom is -0.480 e. The fraction of sp³-hybridized carbons (Fsp3) is 0.882. The lowest BCUT2D eigenvalue weighted by Gasteiger charge is -2.20.